The van der Waals surface area contributed by atoms with E-state index in [1.807, 2.05) is 49.5 Å². The molecule has 0 aliphatic carbocycles. The van der Waals surface area contributed by atoms with E-state index >= 15 is 0 Å². The van der Waals surface area contributed by atoms with Crippen molar-refractivity contribution in [2.75, 3.05) is 13.6 Å². The van der Waals surface area contributed by atoms with Crippen molar-refractivity contribution in [1.29, 1.82) is 0 Å². The van der Waals surface area contributed by atoms with Crippen molar-refractivity contribution in [1.82, 2.24) is 5.32 Å². The maximum atomic E-state index is 12.0. The highest BCUT2D eigenvalue weighted by molar-refractivity contribution is 6.30. The van der Waals surface area contributed by atoms with Gasteiger partial charge in [0.2, 0.25) is 0 Å². The molecule has 0 saturated heterocycles. The number of rotatable bonds is 6. The summed E-state index contributed by atoms with van der Waals surface area (Å²) in [4.78, 5) is 13.2. The third-order valence-corrected chi connectivity index (χ3v) is 3.87. The van der Waals surface area contributed by atoms with Crippen LogP contribution in [0.3, 0.4) is 0 Å². The average molecular weight is 318 g/mol. The van der Waals surface area contributed by atoms with Gasteiger partial charge in [-0.15, -0.1) is 0 Å². The number of hydrogen-bond donors (Lipinski definition) is 2. The molecule has 0 aliphatic heterocycles. The Kier molecular flexibility index (Phi) is 5.99. The molecule has 2 rings (SSSR count). The van der Waals surface area contributed by atoms with Gasteiger partial charge in [0, 0.05) is 17.1 Å². The number of quaternary nitrogens is 1. The number of benzene rings is 2. The summed E-state index contributed by atoms with van der Waals surface area (Å²) in [6.07, 6.45) is 0. The Bertz CT molecular complexity index is 625. The van der Waals surface area contributed by atoms with E-state index in [4.69, 9.17) is 11.6 Å². The van der Waals surface area contributed by atoms with E-state index in [2.05, 4.69) is 18.3 Å². The summed E-state index contributed by atoms with van der Waals surface area (Å²) in [5.41, 5.74) is 3.53. The van der Waals surface area contributed by atoms with Crippen molar-refractivity contribution < 1.29 is 9.69 Å². The Morgan fingerprint density at radius 2 is 1.82 bits per heavy atom. The Morgan fingerprint density at radius 1 is 1.14 bits per heavy atom. The summed E-state index contributed by atoms with van der Waals surface area (Å²) < 4.78 is 0. The molecule has 3 nitrogen and oxygen atoms in total. The lowest BCUT2D eigenvalue weighted by Gasteiger charge is -2.14. The Morgan fingerprint density at radius 3 is 2.50 bits per heavy atom. The van der Waals surface area contributed by atoms with Gasteiger partial charge in [-0.05, 0) is 30.2 Å². The fraction of sp³-hybridized carbons (Fsp3) is 0.278. The first-order valence-electron chi connectivity index (χ1n) is 7.41. The first-order chi connectivity index (χ1) is 10.5. The average Bonchev–Trinajstić information content (AvgIpc) is 2.49. The van der Waals surface area contributed by atoms with Crippen LogP contribution in [0.15, 0.2) is 48.5 Å². The second kappa shape index (κ2) is 7.97. The smallest absolute Gasteiger partial charge is 0.275 e. The third kappa shape index (κ3) is 5.17. The molecule has 2 aromatic carbocycles. The lowest BCUT2D eigenvalue weighted by molar-refractivity contribution is -0.885. The van der Waals surface area contributed by atoms with Crippen molar-refractivity contribution >= 4 is 17.5 Å². The molecule has 0 spiro atoms. The summed E-state index contributed by atoms with van der Waals surface area (Å²) >= 11 is 5.87. The van der Waals surface area contributed by atoms with Crippen LogP contribution in [-0.2, 0) is 17.9 Å². The van der Waals surface area contributed by atoms with Gasteiger partial charge in [-0.1, -0.05) is 48.0 Å². The molecule has 2 aromatic rings. The Hall–Kier alpha value is -1.84. The number of hydrogen-bond acceptors (Lipinski definition) is 1. The molecule has 22 heavy (non-hydrogen) atoms. The third-order valence-electron chi connectivity index (χ3n) is 3.62. The van der Waals surface area contributed by atoms with Gasteiger partial charge in [-0.2, -0.15) is 0 Å². The van der Waals surface area contributed by atoms with Crippen molar-refractivity contribution in [2.45, 2.75) is 20.0 Å². The number of halogens is 1. The van der Waals surface area contributed by atoms with Gasteiger partial charge in [0.05, 0.1) is 7.05 Å². The molecular weight excluding hydrogens is 296 g/mol. The number of carbonyl (C=O) groups is 1. The molecule has 0 heterocycles. The highest BCUT2D eigenvalue weighted by Gasteiger charge is 2.10. The number of aryl methyl sites for hydroxylation is 1. The van der Waals surface area contributed by atoms with Gasteiger partial charge in [0.25, 0.3) is 5.91 Å². The summed E-state index contributed by atoms with van der Waals surface area (Å²) in [7, 11) is 2.02. The van der Waals surface area contributed by atoms with E-state index < -0.39 is 0 Å². The lowest BCUT2D eigenvalue weighted by Crippen LogP contribution is -3.08. The molecule has 0 radical (unpaired) electrons. The SMILES string of the molecule is Cc1ccccc1CNC(=O)C[NH+](C)Cc1ccc(Cl)cc1. The summed E-state index contributed by atoms with van der Waals surface area (Å²) in [5.74, 6) is 0.0646. The minimum atomic E-state index is 0.0646. The van der Waals surface area contributed by atoms with Crippen molar-refractivity contribution in [3.8, 4) is 0 Å². The molecule has 2 N–H and O–H groups in total. The fourth-order valence-corrected chi connectivity index (χ4v) is 2.48. The first kappa shape index (κ1) is 16.5. The van der Waals surface area contributed by atoms with Crippen molar-refractivity contribution in [3.63, 3.8) is 0 Å². The van der Waals surface area contributed by atoms with Crippen LogP contribution in [0.1, 0.15) is 16.7 Å². The molecule has 0 fully saturated rings. The number of carbonyl (C=O) groups excluding carboxylic acids is 1. The summed E-state index contributed by atoms with van der Waals surface area (Å²) in [5, 5.41) is 3.72. The molecular formula is C18H22ClN2O+. The van der Waals surface area contributed by atoms with Crippen LogP contribution in [-0.4, -0.2) is 19.5 Å². The molecule has 116 valence electrons. The second-order valence-electron chi connectivity index (χ2n) is 5.64. The normalized spacial score (nSPS) is 12.0. The van der Waals surface area contributed by atoms with Crippen LogP contribution in [0, 0.1) is 6.92 Å². The van der Waals surface area contributed by atoms with Crippen LogP contribution >= 0.6 is 11.6 Å². The van der Waals surface area contributed by atoms with Gasteiger partial charge in [-0.3, -0.25) is 4.79 Å². The highest BCUT2D eigenvalue weighted by Crippen LogP contribution is 2.08. The van der Waals surface area contributed by atoms with Crippen molar-refractivity contribution in [2.24, 2.45) is 0 Å². The Balaban J connectivity index is 1.79. The molecule has 4 heteroatoms. The predicted octanol–water partition coefficient (Wildman–Crippen LogP) is 1.98. The topological polar surface area (TPSA) is 33.5 Å². The second-order valence-corrected chi connectivity index (χ2v) is 6.08. The molecule has 1 unspecified atom stereocenters. The summed E-state index contributed by atoms with van der Waals surface area (Å²) in [6.45, 7) is 3.89. The van der Waals surface area contributed by atoms with E-state index in [-0.39, 0.29) is 5.91 Å². The van der Waals surface area contributed by atoms with Gasteiger partial charge in [0.15, 0.2) is 6.54 Å². The zero-order valence-electron chi connectivity index (χ0n) is 13.0. The number of amides is 1. The zero-order valence-corrected chi connectivity index (χ0v) is 13.8. The molecule has 1 atom stereocenters. The molecule has 1 amide bonds. The van der Waals surface area contributed by atoms with Gasteiger partial charge in [-0.25, -0.2) is 0 Å². The minimum Gasteiger partial charge on any atom is -0.347 e. The van der Waals surface area contributed by atoms with Gasteiger partial charge >= 0.3 is 0 Å². The van der Waals surface area contributed by atoms with Crippen LogP contribution < -0.4 is 10.2 Å². The zero-order chi connectivity index (χ0) is 15.9. The monoisotopic (exact) mass is 317 g/mol. The van der Waals surface area contributed by atoms with E-state index in [0.717, 1.165) is 22.0 Å². The maximum Gasteiger partial charge on any atom is 0.275 e. The summed E-state index contributed by atoms with van der Waals surface area (Å²) in [6, 6.07) is 15.8. The predicted molar refractivity (Wildman–Crippen MR) is 89.9 cm³/mol. The van der Waals surface area contributed by atoms with E-state index in [0.29, 0.717) is 13.1 Å². The van der Waals surface area contributed by atoms with E-state index in [1.54, 1.807) is 0 Å². The van der Waals surface area contributed by atoms with Crippen LogP contribution in [0.25, 0.3) is 0 Å². The van der Waals surface area contributed by atoms with Crippen LogP contribution in [0.4, 0.5) is 0 Å². The van der Waals surface area contributed by atoms with E-state index in [1.165, 1.54) is 11.1 Å². The van der Waals surface area contributed by atoms with E-state index in [9.17, 15) is 4.79 Å². The first-order valence-corrected chi connectivity index (χ1v) is 7.79. The fourth-order valence-electron chi connectivity index (χ4n) is 2.35. The Labute approximate surface area is 136 Å². The van der Waals surface area contributed by atoms with Crippen LogP contribution in [0.2, 0.25) is 5.02 Å². The van der Waals surface area contributed by atoms with Crippen LogP contribution in [0.5, 0.6) is 0 Å². The standard InChI is InChI=1S/C18H21ClN2O/c1-14-5-3-4-6-16(14)11-20-18(22)13-21(2)12-15-7-9-17(19)10-8-15/h3-10H,11-13H2,1-2H3,(H,20,22)/p+1. The molecule has 0 saturated carbocycles. The van der Waals surface area contributed by atoms with Gasteiger partial charge < -0.3 is 10.2 Å². The number of likely N-dealkylation sites (N-methyl/N-ethyl adjacent to an activating group) is 1. The van der Waals surface area contributed by atoms with Gasteiger partial charge in [0.1, 0.15) is 6.54 Å². The highest BCUT2D eigenvalue weighted by atomic mass is 35.5. The maximum absolute atomic E-state index is 12.0. The van der Waals surface area contributed by atoms with Crippen molar-refractivity contribution in [3.05, 3.63) is 70.2 Å². The lowest BCUT2D eigenvalue weighted by atomic mass is 10.1. The largest absolute Gasteiger partial charge is 0.347 e. The molecule has 0 bridgehead atoms. The number of nitrogens with one attached hydrogen (secondary N) is 2. The molecule has 0 aromatic heterocycles. The minimum absolute atomic E-state index is 0.0646. The quantitative estimate of drug-likeness (QED) is 0.839. The molecule has 0 aliphatic rings.